The van der Waals surface area contributed by atoms with Gasteiger partial charge in [0.2, 0.25) is 0 Å². The second-order valence-corrected chi connectivity index (χ2v) is 6.49. The minimum atomic E-state index is 0.197. The van der Waals surface area contributed by atoms with Crippen molar-refractivity contribution >= 4 is 0 Å². The van der Waals surface area contributed by atoms with Crippen molar-refractivity contribution in [2.24, 2.45) is 5.92 Å². The van der Waals surface area contributed by atoms with Gasteiger partial charge in [0.05, 0.1) is 7.11 Å². The monoisotopic (exact) mass is 269 g/mol. The van der Waals surface area contributed by atoms with Gasteiger partial charge in [0.15, 0.2) is 11.5 Å². The molecule has 2 aliphatic heterocycles. The number of nitrogens with one attached hydrogen (secondary N) is 1. The van der Waals surface area contributed by atoms with E-state index in [9.17, 15) is 0 Å². The van der Waals surface area contributed by atoms with Crippen molar-refractivity contribution in [2.45, 2.75) is 36.8 Å². The maximum absolute atomic E-state index is 6.36. The molecule has 104 valence electrons. The zero-order valence-corrected chi connectivity index (χ0v) is 11.7. The number of hydrogen-bond acceptors (Lipinski definition) is 3. The molecule has 3 heteroatoms. The summed E-state index contributed by atoms with van der Waals surface area (Å²) in [5.41, 5.74) is 3.13. The Balaban J connectivity index is 1.84. The second-order valence-electron chi connectivity index (χ2n) is 6.49. The Morgan fingerprint density at radius 1 is 1.40 bits per heavy atom. The molecule has 1 aromatic carbocycles. The molecule has 0 saturated carbocycles. The molecule has 0 amide bonds. The molecule has 0 radical (unpaired) electrons. The summed E-state index contributed by atoms with van der Waals surface area (Å²) in [4.78, 5) is 0. The summed E-state index contributed by atoms with van der Waals surface area (Å²) in [5, 5.41) is 3.74. The molecule has 5 rings (SSSR count). The minimum Gasteiger partial charge on any atom is -0.493 e. The predicted molar refractivity (Wildman–Crippen MR) is 76.4 cm³/mol. The first-order chi connectivity index (χ1) is 9.84. The van der Waals surface area contributed by atoms with Crippen molar-refractivity contribution in [3.05, 3.63) is 35.4 Å². The van der Waals surface area contributed by atoms with Gasteiger partial charge >= 0.3 is 0 Å². The Kier molecular flexibility index (Phi) is 2.01. The topological polar surface area (TPSA) is 30.5 Å². The number of methoxy groups -OCH3 is 1. The molecule has 2 heterocycles. The summed E-state index contributed by atoms with van der Waals surface area (Å²) in [7, 11) is 1.74. The smallest absolute Gasteiger partial charge is 0.166 e. The number of ether oxygens (including phenoxy) is 2. The first kappa shape index (κ1) is 11.2. The molecule has 1 fully saturated rings. The number of allylic oxidation sites excluding steroid dienone is 1. The van der Waals surface area contributed by atoms with E-state index in [2.05, 4.69) is 29.6 Å². The number of piperidine rings is 1. The third kappa shape index (κ3) is 1.09. The van der Waals surface area contributed by atoms with Gasteiger partial charge in [-0.15, -0.1) is 0 Å². The van der Waals surface area contributed by atoms with Gasteiger partial charge in [0, 0.05) is 17.0 Å². The molecule has 1 spiro atoms. The van der Waals surface area contributed by atoms with Gasteiger partial charge in [-0.1, -0.05) is 12.1 Å². The van der Waals surface area contributed by atoms with E-state index in [4.69, 9.17) is 9.47 Å². The van der Waals surface area contributed by atoms with E-state index in [1.54, 1.807) is 7.11 Å². The maximum atomic E-state index is 6.36. The van der Waals surface area contributed by atoms with Crippen LogP contribution in [-0.2, 0) is 11.8 Å². The van der Waals surface area contributed by atoms with E-state index in [1.807, 2.05) is 0 Å². The SMILES string of the molecule is COc1ccc2c3c1O[C@H]1C=CC[C@H]4[C@@H](C2)NCC[C@]314. The van der Waals surface area contributed by atoms with Gasteiger partial charge in [-0.25, -0.2) is 0 Å². The van der Waals surface area contributed by atoms with Gasteiger partial charge in [-0.3, -0.25) is 0 Å². The highest BCUT2D eigenvalue weighted by atomic mass is 16.5. The lowest BCUT2D eigenvalue weighted by molar-refractivity contribution is 0.0585. The van der Waals surface area contributed by atoms with Crippen molar-refractivity contribution in [3.8, 4) is 11.5 Å². The molecule has 3 nitrogen and oxygen atoms in total. The fraction of sp³-hybridized carbons (Fsp3) is 0.529. The van der Waals surface area contributed by atoms with Crippen molar-refractivity contribution in [2.75, 3.05) is 13.7 Å². The van der Waals surface area contributed by atoms with Crippen molar-refractivity contribution < 1.29 is 9.47 Å². The molecular formula is C17H19NO2. The van der Waals surface area contributed by atoms with Crippen LogP contribution >= 0.6 is 0 Å². The standard InChI is InChI=1S/C17H19NO2/c1-19-13-6-5-10-9-12-11-3-2-4-14-17(11,7-8-18-12)15(10)16(13)20-14/h2,4-6,11-12,14,18H,3,7-9H2,1H3/t11-,12+,14-,17+/m0/s1. The zero-order valence-electron chi connectivity index (χ0n) is 11.7. The molecule has 1 saturated heterocycles. The van der Waals surface area contributed by atoms with Crippen LogP contribution in [0, 0.1) is 5.92 Å². The van der Waals surface area contributed by atoms with Gasteiger partial charge < -0.3 is 14.8 Å². The number of rotatable bonds is 1. The van der Waals surface area contributed by atoms with E-state index in [0.29, 0.717) is 12.0 Å². The van der Waals surface area contributed by atoms with Crippen LogP contribution in [-0.4, -0.2) is 25.8 Å². The molecule has 4 atom stereocenters. The van der Waals surface area contributed by atoms with Crippen LogP contribution in [0.2, 0.25) is 0 Å². The van der Waals surface area contributed by atoms with Crippen molar-refractivity contribution in [3.63, 3.8) is 0 Å². The van der Waals surface area contributed by atoms with Crippen LogP contribution in [0.4, 0.5) is 0 Å². The van der Waals surface area contributed by atoms with Crippen LogP contribution < -0.4 is 14.8 Å². The van der Waals surface area contributed by atoms with Gasteiger partial charge in [-0.2, -0.15) is 0 Å². The number of benzene rings is 1. The van der Waals surface area contributed by atoms with Crippen LogP contribution in [0.25, 0.3) is 0 Å². The van der Waals surface area contributed by atoms with E-state index in [1.165, 1.54) is 24.0 Å². The Labute approximate surface area is 119 Å². The highest BCUT2D eigenvalue weighted by Gasteiger charge is 2.61. The van der Waals surface area contributed by atoms with Crippen LogP contribution in [0.1, 0.15) is 24.0 Å². The van der Waals surface area contributed by atoms with E-state index < -0.39 is 0 Å². The fourth-order valence-electron chi connectivity index (χ4n) is 5.14. The maximum Gasteiger partial charge on any atom is 0.166 e. The summed E-state index contributed by atoms with van der Waals surface area (Å²) in [5.74, 6) is 2.59. The van der Waals surface area contributed by atoms with Crippen LogP contribution in [0.5, 0.6) is 11.5 Å². The minimum absolute atomic E-state index is 0.197. The normalized spacial score (nSPS) is 39.1. The quantitative estimate of drug-likeness (QED) is 0.793. The van der Waals surface area contributed by atoms with E-state index in [-0.39, 0.29) is 11.5 Å². The molecule has 0 aromatic heterocycles. The zero-order chi connectivity index (χ0) is 13.3. The lowest BCUT2D eigenvalue weighted by Gasteiger charge is -2.53. The van der Waals surface area contributed by atoms with Crippen LogP contribution in [0.3, 0.4) is 0 Å². The van der Waals surface area contributed by atoms with Gasteiger partial charge in [0.25, 0.3) is 0 Å². The third-order valence-corrected chi connectivity index (χ3v) is 5.88. The molecule has 20 heavy (non-hydrogen) atoms. The Morgan fingerprint density at radius 3 is 3.25 bits per heavy atom. The van der Waals surface area contributed by atoms with E-state index in [0.717, 1.165) is 24.5 Å². The summed E-state index contributed by atoms with van der Waals surface area (Å²) < 4.78 is 11.9. The first-order valence-electron chi connectivity index (χ1n) is 7.61. The first-order valence-corrected chi connectivity index (χ1v) is 7.61. The average molecular weight is 269 g/mol. The summed E-state index contributed by atoms with van der Waals surface area (Å²) in [6.45, 7) is 1.10. The number of hydrogen-bond donors (Lipinski definition) is 1. The van der Waals surface area contributed by atoms with Gasteiger partial charge in [-0.05, 0) is 49.4 Å². The molecule has 4 aliphatic rings. The summed E-state index contributed by atoms with van der Waals surface area (Å²) in [6.07, 6.45) is 8.29. The predicted octanol–water partition coefficient (Wildman–Crippen LogP) is 2.19. The lowest BCUT2D eigenvalue weighted by Crippen LogP contribution is -2.62. The molecule has 0 unspecified atom stereocenters. The summed E-state index contributed by atoms with van der Waals surface area (Å²) >= 11 is 0. The molecule has 2 aliphatic carbocycles. The Bertz CT molecular complexity index is 624. The largest absolute Gasteiger partial charge is 0.493 e. The van der Waals surface area contributed by atoms with Crippen LogP contribution in [0.15, 0.2) is 24.3 Å². The third-order valence-electron chi connectivity index (χ3n) is 5.88. The second kappa shape index (κ2) is 3.59. The van der Waals surface area contributed by atoms with Gasteiger partial charge in [0.1, 0.15) is 6.10 Å². The molecular weight excluding hydrogens is 250 g/mol. The Hall–Kier alpha value is -1.48. The van der Waals surface area contributed by atoms with E-state index >= 15 is 0 Å². The lowest BCUT2D eigenvalue weighted by atomic mass is 9.54. The highest BCUT2D eigenvalue weighted by molar-refractivity contribution is 5.61. The highest BCUT2D eigenvalue weighted by Crippen LogP contribution is 2.61. The Morgan fingerprint density at radius 2 is 2.35 bits per heavy atom. The van der Waals surface area contributed by atoms with Crippen molar-refractivity contribution in [1.29, 1.82) is 0 Å². The average Bonchev–Trinajstić information content (AvgIpc) is 2.80. The fourth-order valence-corrected chi connectivity index (χ4v) is 5.14. The molecule has 1 N–H and O–H groups in total. The molecule has 1 aromatic rings. The van der Waals surface area contributed by atoms with Crippen molar-refractivity contribution in [1.82, 2.24) is 5.32 Å². The molecule has 2 bridgehead atoms. The summed E-state index contributed by atoms with van der Waals surface area (Å²) in [6, 6.07) is 4.92.